The second-order valence-electron chi connectivity index (χ2n) is 7.70. The Kier molecular flexibility index (Phi) is 10.0. The molecule has 1 aliphatic heterocycles. The van der Waals surface area contributed by atoms with Crippen LogP contribution in [0.25, 0.3) is 0 Å². The molecule has 2 N–H and O–H groups in total. The fourth-order valence-corrected chi connectivity index (χ4v) is 4.28. The molecule has 0 radical (unpaired) electrons. The monoisotopic (exact) mass is 567 g/mol. The molecule has 0 bridgehead atoms. The van der Waals surface area contributed by atoms with E-state index in [4.69, 9.17) is 0 Å². The van der Waals surface area contributed by atoms with Gasteiger partial charge in [0, 0.05) is 32.1 Å². The number of guanidine groups is 1. The molecule has 1 atom stereocenters. The first-order valence-corrected chi connectivity index (χ1v) is 11.0. The normalized spacial score (nSPS) is 17.8. The number of nitrogens with zero attached hydrogens (tertiary/aromatic N) is 3. The van der Waals surface area contributed by atoms with Crippen LogP contribution in [-0.4, -0.2) is 36.0 Å². The molecule has 0 spiro atoms. The highest BCUT2D eigenvalue weighted by Gasteiger charge is 2.33. The maximum atomic E-state index is 12.6. The van der Waals surface area contributed by atoms with Crippen LogP contribution in [0.15, 0.2) is 34.6 Å². The zero-order valence-electron chi connectivity index (χ0n) is 17.7. The molecule has 0 aliphatic carbocycles. The maximum Gasteiger partial charge on any atom is 0.434 e. The number of aromatic nitrogens is 1. The van der Waals surface area contributed by atoms with E-state index >= 15 is 0 Å². The number of hydrogen-bond acceptors (Lipinski definition) is 4. The van der Waals surface area contributed by atoms with Gasteiger partial charge in [-0.25, -0.2) is 4.98 Å². The van der Waals surface area contributed by atoms with Crippen molar-refractivity contribution in [2.45, 2.75) is 45.6 Å². The summed E-state index contributed by atoms with van der Waals surface area (Å²) in [5.41, 5.74) is 1.56. The van der Waals surface area contributed by atoms with Gasteiger partial charge in [-0.3, -0.25) is 9.89 Å². The molecule has 0 amide bonds. The number of aliphatic imine (C=N–C) groups is 1. The molecule has 172 valence electrons. The fourth-order valence-electron chi connectivity index (χ4n) is 3.54. The molecule has 5 nitrogen and oxygen atoms in total. The van der Waals surface area contributed by atoms with Crippen LogP contribution in [0.1, 0.15) is 41.6 Å². The third kappa shape index (κ3) is 8.23. The van der Waals surface area contributed by atoms with E-state index < -0.39 is 11.9 Å². The van der Waals surface area contributed by atoms with E-state index in [9.17, 15) is 13.2 Å². The maximum absolute atomic E-state index is 12.6. The van der Waals surface area contributed by atoms with E-state index in [1.165, 1.54) is 24.9 Å². The average molecular weight is 567 g/mol. The van der Waals surface area contributed by atoms with Crippen LogP contribution in [0.5, 0.6) is 0 Å². The molecule has 1 aromatic heterocycles. The highest BCUT2D eigenvalue weighted by Crippen LogP contribution is 2.29. The Labute approximate surface area is 202 Å². The van der Waals surface area contributed by atoms with Crippen molar-refractivity contribution in [2.24, 2.45) is 10.9 Å². The van der Waals surface area contributed by atoms with Crippen molar-refractivity contribution >= 4 is 41.3 Å². The molecular weight excluding hydrogens is 538 g/mol. The van der Waals surface area contributed by atoms with Gasteiger partial charge in [-0.1, -0.05) is 31.2 Å². The van der Waals surface area contributed by atoms with Crippen molar-refractivity contribution in [3.05, 3.63) is 51.5 Å². The summed E-state index contributed by atoms with van der Waals surface area (Å²) in [6, 6.07) is 8.50. The molecular formula is C21H29F3IN5S. The molecule has 31 heavy (non-hydrogen) atoms. The number of thiazole rings is 1. The second kappa shape index (κ2) is 12.0. The van der Waals surface area contributed by atoms with Crippen molar-refractivity contribution in [3.8, 4) is 0 Å². The Balaban J connectivity index is 0.00000341. The van der Waals surface area contributed by atoms with Crippen molar-refractivity contribution < 1.29 is 13.2 Å². The standard InChI is InChI=1S/C21H28F3N5S.HI/c1-15-4-3-9-29(12-15)13-17-7-5-16(6-8-17)10-26-20(25-2)27-11-19-28-18(14-30-19)21(22,23)24;/h5-8,14-15H,3-4,9-13H2,1-2H3,(H2,25,26,27);1H. The quantitative estimate of drug-likeness (QED) is 0.297. The van der Waals surface area contributed by atoms with Crippen molar-refractivity contribution in [1.82, 2.24) is 20.5 Å². The number of hydrogen-bond donors (Lipinski definition) is 2. The Morgan fingerprint density at radius 3 is 2.48 bits per heavy atom. The minimum atomic E-state index is -4.41. The molecule has 2 aromatic rings. The van der Waals surface area contributed by atoms with Crippen LogP contribution in [0.4, 0.5) is 13.2 Å². The summed E-state index contributed by atoms with van der Waals surface area (Å²) in [4.78, 5) is 10.2. The zero-order chi connectivity index (χ0) is 21.6. The number of alkyl halides is 3. The van der Waals surface area contributed by atoms with Gasteiger partial charge >= 0.3 is 6.18 Å². The molecule has 3 rings (SSSR count). The van der Waals surface area contributed by atoms with Gasteiger partial charge in [0.15, 0.2) is 11.7 Å². The fraction of sp³-hybridized carbons (Fsp3) is 0.524. The highest BCUT2D eigenvalue weighted by molar-refractivity contribution is 14.0. The van der Waals surface area contributed by atoms with E-state index in [1.54, 1.807) is 7.05 Å². The van der Waals surface area contributed by atoms with Gasteiger partial charge in [0.05, 0.1) is 6.54 Å². The van der Waals surface area contributed by atoms with Gasteiger partial charge in [0.2, 0.25) is 0 Å². The SMILES string of the molecule is CN=C(NCc1ccc(CN2CCCC(C)C2)cc1)NCc1nc(C(F)(F)F)cs1.I. The second-order valence-corrected chi connectivity index (χ2v) is 8.65. The van der Waals surface area contributed by atoms with Crippen LogP contribution in [0, 0.1) is 5.92 Å². The Bertz CT molecular complexity index is 838. The summed E-state index contributed by atoms with van der Waals surface area (Å²) in [5.74, 6) is 1.29. The predicted molar refractivity (Wildman–Crippen MR) is 130 cm³/mol. The number of piperidine rings is 1. The van der Waals surface area contributed by atoms with Gasteiger partial charge in [-0.2, -0.15) is 13.2 Å². The summed E-state index contributed by atoms with van der Waals surface area (Å²) in [6.45, 7) is 6.38. The smallest absolute Gasteiger partial charge is 0.352 e. The Morgan fingerprint density at radius 2 is 1.87 bits per heavy atom. The Hall–Kier alpha value is -1.40. The topological polar surface area (TPSA) is 52.6 Å². The molecule has 1 aromatic carbocycles. The van der Waals surface area contributed by atoms with Crippen LogP contribution in [-0.2, 0) is 25.8 Å². The first kappa shape index (κ1) is 25.9. The zero-order valence-corrected chi connectivity index (χ0v) is 20.9. The lowest BCUT2D eigenvalue weighted by molar-refractivity contribution is -0.140. The Morgan fingerprint density at radius 1 is 1.19 bits per heavy atom. The number of benzene rings is 1. The minimum Gasteiger partial charge on any atom is -0.352 e. The predicted octanol–water partition coefficient (Wildman–Crippen LogP) is 4.88. The third-order valence-corrected chi connectivity index (χ3v) is 5.95. The van der Waals surface area contributed by atoms with Gasteiger partial charge in [0.25, 0.3) is 0 Å². The lowest BCUT2D eigenvalue weighted by Crippen LogP contribution is -2.36. The van der Waals surface area contributed by atoms with Gasteiger partial charge < -0.3 is 10.6 Å². The molecule has 1 saturated heterocycles. The molecule has 1 unspecified atom stereocenters. The summed E-state index contributed by atoms with van der Waals surface area (Å²) >= 11 is 0.979. The van der Waals surface area contributed by atoms with Crippen LogP contribution < -0.4 is 10.6 Å². The number of nitrogens with one attached hydrogen (secondary N) is 2. The summed E-state index contributed by atoms with van der Waals surface area (Å²) < 4.78 is 37.9. The van der Waals surface area contributed by atoms with Gasteiger partial charge in [-0.05, 0) is 36.4 Å². The highest BCUT2D eigenvalue weighted by atomic mass is 127. The third-order valence-electron chi connectivity index (χ3n) is 5.10. The number of rotatable bonds is 6. The van der Waals surface area contributed by atoms with Crippen molar-refractivity contribution in [2.75, 3.05) is 20.1 Å². The average Bonchev–Trinajstić information content (AvgIpc) is 3.19. The van der Waals surface area contributed by atoms with E-state index in [-0.39, 0.29) is 30.5 Å². The molecule has 2 heterocycles. The van der Waals surface area contributed by atoms with E-state index in [0.29, 0.717) is 17.5 Å². The van der Waals surface area contributed by atoms with Crippen LogP contribution in [0.3, 0.4) is 0 Å². The summed E-state index contributed by atoms with van der Waals surface area (Å²) in [5, 5.41) is 7.58. The van der Waals surface area contributed by atoms with E-state index in [2.05, 4.69) is 56.7 Å². The van der Waals surface area contributed by atoms with Crippen LogP contribution >= 0.6 is 35.3 Å². The van der Waals surface area contributed by atoms with Crippen molar-refractivity contribution in [1.29, 1.82) is 0 Å². The van der Waals surface area contributed by atoms with Crippen molar-refractivity contribution in [3.63, 3.8) is 0 Å². The first-order valence-electron chi connectivity index (χ1n) is 10.1. The largest absolute Gasteiger partial charge is 0.434 e. The lowest BCUT2D eigenvalue weighted by atomic mass is 9.99. The lowest BCUT2D eigenvalue weighted by Gasteiger charge is -2.30. The van der Waals surface area contributed by atoms with Gasteiger partial charge in [-0.15, -0.1) is 35.3 Å². The minimum absolute atomic E-state index is 0. The summed E-state index contributed by atoms with van der Waals surface area (Å²) in [7, 11) is 1.63. The molecule has 10 heteroatoms. The van der Waals surface area contributed by atoms with Gasteiger partial charge in [0.1, 0.15) is 5.01 Å². The molecule has 1 aliphatic rings. The molecule has 0 saturated carbocycles. The number of likely N-dealkylation sites (tertiary alicyclic amines) is 1. The van der Waals surface area contributed by atoms with E-state index in [0.717, 1.165) is 41.3 Å². The first-order chi connectivity index (χ1) is 14.3. The molecule has 1 fully saturated rings. The van der Waals surface area contributed by atoms with E-state index in [1.807, 2.05) is 0 Å². The number of halogens is 4. The van der Waals surface area contributed by atoms with Crippen LogP contribution in [0.2, 0.25) is 0 Å². The summed E-state index contributed by atoms with van der Waals surface area (Å²) in [6.07, 6.45) is -1.82.